The van der Waals surface area contributed by atoms with E-state index in [4.69, 9.17) is 4.74 Å². The molecule has 1 fully saturated rings. The van der Waals surface area contributed by atoms with Crippen molar-refractivity contribution in [3.63, 3.8) is 0 Å². The third-order valence-electron chi connectivity index (χ3n) is 4.60. The maximum absolute atomic E-state index is 13.0. The Morgan fingerprint density at radius 2 is 1.69 bits per heavy atom. The molecule has 1 amide bonds. The molecule has 1 unspecified atom stereocenters. The number of rotatable bonds is 4. The predicted octanol–water partition coefficient (Wildman–Crippen LogP) is 2.43. The van der Waals surface area contributed by atoms with Crippen LogP contribution in [0.5, 0.6) is 5.75 Å². The van der Waals surface area contributed by atoms with E-state index in [0.29, 0.717) is 11.4 Å². The molecule has 0 spiro atoms. The molecule has 0 saturated carbocycles. The number of aryl methyl sites for hydroxylation is 1. The van der Waals surface area contributed by atoms with E-state index in [1.807, 2.05) is 19.1 Å². The number of anilines is 1. The van der Waals surface area contributed by atoms with Crippen molar-refractivity contribution >= 4 is 21.6 Å². The van der Waals surface area contributed by atoms with Crippen LogP contribution in [-0.4, -0.2) is 44.9 Å². The molecule has 138 valence electrons. The first-order chi connectivity index (χ1) is 12.4. The zero-order chi connectivity index (χ0) is 18.9. The molecule has 7 heteroatoms. The highest BCUT2D eigenvalue weighted by Crippen LogP contribution is 2.31. The van der Waals surface area contributed by atoms with Crippen LogP contribution < -0.4 is 9.64 Å². The number of ether oxygens (including phenoxy) is 1. The van der Waals surface area contributed by atoms with Crippen molar-refractivity contribution in [1.82, 2.24) is 4.31 Å². The average Bonchev–Trinajstić information content (AvgIpc) is 2.64. The Hall–Kier alpha value is -2.38. The number of carbonyl (C=O) groups excluding carboxylic acids is 1. The minimum Gasteiger partial charge on any atom is -0.495 e. The number of benzene rings is 2. The molecule has 1 heterocycles. The van der Waals surface area contributed by atoms with Crippen LogP contribution in [0.15, 0.2) is 53.4 Å². The van der Waals surface area contributed by atoms with Crippen molar-refractivity contribution in [2.24, 2.45) is 0 Å². The number of nitrogens with zero attached hydrogens (tertiary/aromatic N) is 2. The largest absolute Gasteiger partial charge is 0.495 e. The lowest BCUT2D eigenvalue weighted by atomic mass is 10.2. The summed E-state index contributed by atoms with van der Waals surface area (Å²) in [7, 11) is -2.18. The maximum Gasteiger partial charge on any atom is 0.245 e. The highest BCUT2D eigenvalue weighted by atomic mass is 32.2. The molecule has 0 aromatic heterocycles. The van der Waals surface area contributed by atoms with E-state index in [1.54, 1.807) is 55.3 Å². The monoisotopic (exact) mass is 374 g/mol. The molecule has 6 nitrogen and oxygen atoms in total. The van der Waals surface area contributed by atoms with Crippen molar-refractivity contribution < 1.29 is 17.9 Å². The van der Waals surface area contributed by atoms with Gasteiger partial charge in [0.25, 0.3) is 0 Å². The number of amides is 1. The van der Waals surface area contributed by atoms with Gasteiger partial charge in [0.1, 0.15) is 11.8 Å². The van der Waals surface area contributed by atoms with Crippen molar-refractivity contribution in [1.29, 1.82) is 0 Å². The summed E-state index contributed by atoms with van der Waals surface area (Å²) in [6, 6.07) is 13.1. The summed E-state index contributed by atoms with van der Waals surface area (Å²) in [5.74, 6) is 0.319. The van der Waals surface area contributed by atoms with Crippen molar-refractivity contribution in [3.8, 4) is 5.75 Å². The van der Waals surface area contributed by atoms with Crippen molar-refractivity contribution in [2.75, 3.05) is 25.1 Å². The third kappa shape index (κ3) is 3.20. The van der Waals surface area contributed by atoms with E-state index in [2.05, 4.69) is 0 Å². The molecule has 3 rings (SSSR count). The molecule has 1 aliphatic heterocycles. The molecule has 0 radical (unpaired) electrons. The second kappa shape index (κ2) is 7.09. The number of methoxy groups -OCH3 is 1. The Kier molecular flexibility index (Phi) is 5.02. The lowest BCUT2D eigenvalue weighted by Crippen LogP contribution is -2.57. The van der Waals surface area contributed by atoms with E-state index in [9.17, 15) is 13.2 Å². The van der Waals surface area contributed by atoms with Gasteiger partial charge < -0.3 is 9.64 Å². The SMILES string of the molecule is COc1ccccc1N1CCN(S(=O)(=O)c2ccc(C)cc2)C(C)C1=O. The van der Waals surface area contributed by atoms with Crippen LogP contribution in [0.3, 0.4) is 0 Å². The fourth-order valence-electron chi connectivity index (χ4n) is 3.12. The normalized spacial score (nSPS) is 18.8. The quantitative estimate of drug-likeness (QED) is 0.824. The second-order valence-electron chi connectivity index (χ2n) is 6.27. The van der Waals surface area contributed by atoms with Gasteiger partial charge in [-0.25, -0.2) is 8.42 Å². The topological polar surface area (TPSA) is 66.9 Å². The highest BCUT2D eigenvalue weighted by Gasteiger charge is 2.40. The van der Waals surface area contributed by atoms with Crippen LogP contribution in [-0.2, 0) is 14.8 Å². The molecule has 26 heavy (non-hydrogen) atoms. The summed E-state index contributed by atoms with van der Waals surface area (Å²) in [6.45, 7) is 4.01. The van der Waals surface area contributed by atoms with Crippen LogP contribution in [0.1, 0.15) is 12.5 Å². The first-order valence-electron chi connectivity index (χ1n) is 8.39. The molecule has 1 atom stereocenters. The van der Waals surface area contributed by atoms with Gasteiger partial charge >= 0.3 is 0 Å². The van der Waals surface area contributed by atoms with E-state index in [-0.39, 0.29) is 23.9 Å². The summed E-state index contributed by atoms with van der Waals surface area (Å²) in [5, 5.41) is 0. The van der Waals surface area contributed by atoms with Crippen LogP contribution >= 0.6 is 0 Å². The minimum absolute atomic E-state index is 0.202. The second-order valence-corrected chi connectivity index (χ2v) is 8.16. The van der Waals surface area contributed by atoms with Crippen LogP contribution in [0, 0.1) is 6.92 Å². The van der Waals surface area contributed by atoms with Crippen LogP contribution in [0.25, 0.3) is 0 Å². The van der Waals surface area contributed by atoms with Gasteiger partial charge in [-0.05, 0) is 38.1 Å². The molecule has 1 saturated heterocycles. The number of piperazine rings is 1. The van der Waals surface area contributed by atoms with E-state index in [1.165, 1.54) is 4.31 Å². The number of hydrogen-bond acceptors (Lipinski definition) is 4. The summed E-state index contributed by atoms with van der Waals surface area (Å²) < 4.78 is 32.5. The van der Waals surface area contributed by atoms with Gasteiger partial charge in [-0.2, -0.15) is 4.31 Å². The van der Waals surface area contributed by atoms with Crippen LogP contribution in [0.4, 0.5) is 5.69 Å². The Morgan fingerprint density at radius 1 is 1.04 bits per heavy atom. The lowest BCUT2D eigenvalue weighted by molar-refractivity contribution is -0.123. The van der Waals surface area contributed by atoms with Crippen LogP contribution in [0.2, 0.25) is 0 Å². The van der Waals surface area contributed by atoms with Crippen molar-refractivity contribution in [3.05, 3.63) is 54.1 Å². The van der Waals surface area contributed by atoms with Gasteiger partial charge in [0.2, 0.25) is 15.9 Å². The van der Waals surface area contributed by atoms with E-state index in [0.717, 1.165) is 5.56 Å². The molecule has 0 aliphatic carbocycles. The standard InChI is InChI=1S/C19H22N2O4S/c1-14-8-10-16(11-9-14)26(23,24)21-13-12-20(19(22)15(21)2)17-6-4-5-7-18(17)25-3/h4-11,15H,12-13H2,1-3H3. The van der Waals surface area contributed by atoms with Gasteiger partial charge in [0.05, 0.1) is 17.7 Å². The zero-order valence-electron chi connectivity index (χ0n) is 15.0. The first-order valence-corrected chi connectivity index (χ1v) is 9.83. The highest BCUT2D eigenvalue weighted by molar-refractivity contribution is 7.89. The van der Waals surface area contributed by atoms with E-state index >= 15 is 0 Å². The molecule has 2 aromatic rings. The van der Waals surface area contributed by atoms with Gasteiger partial charge in [-0.15, -0.1) is 0 Å². The van der Waals surface area contributed by atoms with Gasteiger partial charge in [-0.1, -0.05) is 29.8 Å². The molecule has 2 aromatic carbocycles. The summed E-state index contributed by atoms with van der Waals surface area (Å²) in [6.07, 6.45) is 0. The van der Waals surface area contributed by atoms with Gasteiger partial charge in [0, 0.05) is 13.1 Å². The predicted molar refractivity (Wildman–Crippen MR) is 99.9 cm³/mol. The smallest absolute Gasteiger partial charge is 0.245 e. The molecule has 1 aliphatic rings. The minimum atomic E-state index is -3.73. The summed E-state index contributed by atoms with van der Waals surface area (Å²) >= 11 is 0. The average molecular weight is 374 g/mol. The molecular weight excluding hydrogens is 352 g/mol. The Balaban J connectivity index is 1.89. The fourth-order valence-corrected chi connectivity index (χ4v) is 4.70. The van der Waals surface area contributed by atoms with Gasteiger partial charge in [-0.3, -0.25) is 4.79 Å². The lowest BCUT2D eigenvalue weighted by Gasteiger charge is -2.38. The number of sulfonamides is 1. The third-order valence-corrected chi connectivity index (χ3v) is 6.59. The number of para-hydroxylation sites is 2. The Bertz CT molecular complexity index is 909. The van der Waals surface area contributed by atoms with Crippen molar-refractivity contribution in [2.45, 2.75) is 24.8 Å². The molecule has 0 bridgehead atoms. The Morgan fingerprint density at radius 3 is 2.35 bits per heavy atom. The van der Waals surface area contributed by atoms with E-state index < -0.39 is 16.1 Å². The number of hydrogen-bond donors (Lipinski definition) is 0. The fraction of sp³-hybridized carbons (Fsp3) is 0.316. The molecular formula is C19H22N2O4S. The first kappa shape index (κ1) is 18.4. The summed E-state index contributed by atoms with van der Waals surface area (Å²) in [4.78, 5) is 14.7. The van der Waals surface area contributed by atoms with Gasteiger partial charge in [0.15, 0.2) is 0 Å². The maximum atomic E-state index is 13.0. The Labute approximate surface area is 154 Å². The zero-order valence-corrected chi connectivity index (χ0v) is 15.9. The molecule has 0 N–H and O–H groups in total. The number of carbonyl (C=O) groups is 1. The summed E-state index contributed by atoms with van der Waals surface area (Å²) in [5.41, 5.74) is 1.63.